The number of aliphatic hydroxyl groups is 1. The van der Waals surface area contributed by atoms with Crippen LogP contribution in [0.5, 0.6) is 5.75 Å². The molecule has 0 aromatic heterocycles. The van der Waals surface area contributed by atoms with Crippen LogP contribution in [0.3, 0.4) is 0 Å². The van der Waals surface area contributed by atoms with E-state index in [-0.39, 0.29) is 11.7 Å². The fourth-order valence-corrected chi connectivity index (χ4v) is 3.80. The first kappa shape index (κ1) is 52.6. The summed E-state index contributed by atoms with van der Waals surface area (Å²) in [6, 6.07) is 8.07. The van der Waals surface area contributed by atoms with Crippen LogP contribution in [0.4, 0.5) is 0 Å². The van der Waals surface area contributed by atoms with E-state index in [2.05, 4.69) is 55.4 Å². The molecule has 1 aromatic rings. The number of unbranched alkanes of at least 4 members (excludes halogenated alkanes) is 2. The third-order valence-electron chi connectivity index (χ3n) is 6.13. The van der Waals surface area contributed by atoms with Crippen LogP contribution in [0, 0.1) is 5.92 Å². The van der Waals surface area contributed by atoms with Gasteiger partial charge < -0.3 is 14.7 Å². The Hall–Kier alpha value is -1.88. The largest absolute Gasteiger partial charge is 0.494 e. The summed E-state index contributed by atoms with van der Waals surface area (Å²) in [7, 11) is 0. The van der Waals surface area contributed by atoms with Crippen LogP contribution < -0.4 is 4.74 Å². The van der Waals surface area contributed by atoms with Crippen molar-refractivity contribution in [3.05, 3.63) is 29.8 Å². The van der Waals surface area contributed by atoms with E-state index in [9.17, 15) is 14.7 Å². The Morgan fingerprint density at radius 1 is 0.956 bits per heavy atom. The van der Waals surface area contributed by atoms with E-state index in [4.69, 9.17) is 4.74 Å². The number of ketones is 1. The van der Waals surface area contributed by atoms with Gasteiger partial charge in [-0.1, -0.05) is 127 Å². The van der Waals surface area contributed by atoms with Crippen molar-refractivity contribution in [2.75, 3.05) is 13.2 Å². The van der Waals surface area contributed by atoms with Gasteiger partial charge in [0.05, 0.1) is 12.2 Å². The zero-order valence-corrected chi connectivity index (χ0v) is 33.3. The van der Waals surface area contributed by atoms with Crippen molar-refractivity contribution in [1.82, 2.24) is 4.90 Å². The summed E-state index contributed by atoms with van der Waals surface area (Å²) >= 11 is 0. The lowest BCUT2D eigenvalue weighted by Gasteiger charge is -2.24. The van der Waals surface area contributed by atoms with Crippen molar-refractivity contribution in [3.8, 4) is 5.75 Å². The Morgan fingerprint density at radius 2 is 1.47 bits per heavy atom. The molecule has 2 rings (SSSR count). The normalized spacial score (nSPS) is 13.4. The standard InChI is InChI=1S/C15H22O3.C10H19NO.C5H12.2C3H8.2C2H6/c1-12(16)10-13-6-4-7-14(11-13)18-9-5-8-15(2,3)17;1-4-8(2)10(12)11-7-5-6-9(11)3;1-3-5-4-2;2*1-3-2;2*1-2/h4,6-7,11,17H,5,8-10H2,1-3H3;8-9H,4-7H2,1-3H3;3-5H2,1-2H3;2*3H2,1-2H3;2*1-2H3. The van der Waals surface area contributed by atoms with E-state index in [1.807, 2.05) is 63.8 Å². The molecule has 5 heteroatoms. The molecular formula is C40H81NO4. The molecule has 0 saturated carbocycles. The molecule has 1 fully saturated rings. The summed E-state index contributed by atoms with van der Waals surface area (Å²) in [5.41, 5.74) is 0.335. The Kier molecular flexibility index (Phi) is 44.8. The Bertz CT molecular complexity index is 738. The maximum absolute atomic E-state index is 11.7. The van der Waals surface area contributed by atoms with Gasteiger partial charge in [0, 0.05) is 24.9 Å². The number of hydrogen-bond donors (Lipinski definition) is 1. The molecule has 270 valence electrons. The first-order valence-electron chi connectivity index (χ1n) is 18.5. The van der Waals surface area contributed by atoms with Gasteiger partial charge in [0.15, 0.2) is 0 Å². The minimum Gasteiger partial charge on any atom is -0.494 e. The number of nitrogens with zero attached hydrogens (tertiary/aromatic N) is 1. The van der Waals surface area contributed by atoms with Crippen LogP contribution in [-0.4, -0.2) is 46.5 Å². The second kappa shape index (κ2) is 38.3. The van der Waals surface area contributed by atoms with Crippen LogP contribution in [-0.2, 0) is 16.0 Å². The molecule has 1 aliphatic rings. The third kappa shape index (κ3) is 38.2. The van der Waals surface area contributed by atoms with Gasteiger partial charge in [-0.3, -0.25) is 9.59 Å². The van der Waals surface area contributed by atoms with Gasteiger partial charge in [0.1, 0.15) is 11.5 Å². The predicted octanol–water partition coefficient (Wildman–Crippen LogP) is 11.9. The highest BCUT2D eigenvalue weighted by Crippen LogP contribution is 2.20. The molecule has 0 aliphatic carbocycles. The molecule has 0 bridgehead atoms. The maximum Gasteiger partial charge on any atom is 0.225 e. The topological polar surface area (TPSA) is 66.8 Å². The van der Waals surface area contributed by atoms with E-state index in [1.165, 1.54) is 44.9 Å². The summed E-state index contributed by atoms with van der Waals surface area (Å²) in [6.07, 6.45) is 11.9. The van der Waals surface area contributed by atoms with Crippen LogP contribution in [0.1, 0.15) is 181 Å². The molecule has 1 aliphatic heterocycles. The first-order valence-corrected chi connectivity index (χ1v) is 18.5. The molecule has 1 aromatic carbocycles. The number of amides is 1. The van der Waals surface area contributed by atoms with Crippen molar-refractivity contribution in [3.63, 3.8) is 0 Å². The van der Waals surface area contributed by atoms with Gasteiger partial charge >= 0.3 is 0 Å². The summed E-state index contributed by atoms with van der Waals surface area (Å²) in [5.74, 6) is 1.49. The highest BCUT2D eigenvalue weighted by Gasteiger charge is 2.27. The van der Waals surface area contributed by atoms with Gasteiger partial charge in [0.2, 0.25) is 5.91 Å². The summed E-state index contributed by atoms with van der Waals surface area (Å²) in [5, 5.41) is 9.57. The van der Waals surface area contributed by atoms with Crippen molar-refractivity contribution in [2.45, 2.75) is 193 Å². The van der Waals surface area contributed by atoms with Crippen molar-refractivity contribution in [2.24, 2.45) is 5.92 Å². The molecule has 5 nitrogen and oxygen atoms in total. The van der Waals surface area contributed by atoms with E-state index >= 15 is 0 Å². The Morgan fingerprint density at radius 3 is 1.82 bits per heavy atom. The highest BCUT2D eigenvalue weighted by atomic mass is 16.5. The van der Waals surface area contributed by atoms with Crippen LogP contribution in [0.2, 0.25) is 0 Å². The number of carbonyl (C=O) groups excluding carboxylic acids is 2. The number of likely N-dealkylation sites (tertiary alicyclic amines) is 1. The zero-order valence-electron chi connectivity index (χ0n) is 33.3. The van der Waals surface area contributed by atoms with Gasteiger partial charge in [-0.15, -0.1) is 0 Å². The number of Topliss-reactive ketones (excluding diaryl/α,β-unsaturated/α-hetero) is 1. The smallest absolute Gasteiger partial charge is 0.225 e. The van der Waals surface area contributed by atoms with E-state index in [0.29, 0.717) is 31.4 Å². The van der Waals surface area contributed by atoms with Crippen LogP contribution in [0.25, 0.3) is 0 Å². The summed E-state index contributed by atoms with van der Waals surface area (Å²) < 4.78 is 5.60. The van der Waals surface area contributed by atoms with Crippen molar-refractivity contribution < 1.29 is 19.4 Å². The Labute approximate surface area is 283 Å². The molecule has 2 atom stereocenters. The van der Waals surface area contributed by atoms with Crippen molar-refractivity contribution in [1.29, 1.82) is 0 Å². The predicted molar refractivity (Wildman–Crippen MR) is 202 cm³/mol. The lowest BCUT2D eigenvalue weighted by molar-refractivity contribution is -0.135. The summed E-state index contributed by atoms with van der Waals surface area (Å²) in [6.45, 7) is 33.9. The van der Waals surface area contributed by atoms with Crippen LogP contribution >= 0.6 is 0 Å². The highest BCUT2D eigenvalue weighted by molar-refractivity contribution is 5.79. The molecule has 0 spiro atoms. The fraction of sp³-hybridized carbons (Fsp3) is 0.800. The molecule has 1 amide bonds. The van der Waals surface area contributed by atoms with Crippen LogP contribution in [0.15, 0.2) is 24.3 Å². The quantitative estimate of drug-likeness (QED) is 0.245. The molecule has 45 heavy (non-hydrogen) atoms. The summed E-state index contributed by atoms with van der Waals surface area (Å²) in [4.78, 5) is 24.8. The van der Waals surface area contributed by atoms with Gasteiger partial charge in [-0.05, 0) is 77.5 Å². The second-order valence-corrected chi connectivity index (χ2v) is 11.9. The number of rotatable bonds is 11. The first-order chi connectivity index (χ1) is 21.3. The second-order valence-electron chi connectivity index (χ2n) is 11.9. The minimum atomic E-state index is -0.639. The Balaban J connectivity index is -0.000000170. The molecule has 0 radical (unpaired) electrons. The number of hydrogen-bond acceptors (Lipinski definition) is 4. The maximum atomic E-state index is 11.7. The van der Waals surface area contributed by atoms with E-state index in [0.717, 1.165) is 30.7 Å². The number of benzene rings is 1. The monoisotopic (exact) mass is 640 g/mol. The average molecular weight is 640 g/mol. The van der Waals surface area contributed by atoms with Crippen molar-refractivity contribution >= 4 is 11.7 Å². The number of carbonyl (C=O) groups is 2. The number of ether oxygens (including phenoxy) is 1. The van der Waals surface area contributed by atoms with E-state index in [1.54, 1.807) is 20.8 Å². The molecule has 2 unspecified atom stereocenters. The lowest BCUT2D eigenvalue weighted by Crippen LogP contribution is -2.37. The van der Waals surface area contributed by atoms with E-state index < -0.39 is 5.60 Å². The molecule has 1 heterocycles. The van der Waals surface area contributed by atoms with Gasteiger partial charge in [-0.2, -0.15) is 0 Å². The van der Waals surface area contributed by atoms with Gasteiger partial charge in [0.25, 0.3) is 0 Å². The SMILES string of the molecule is CC.CC.CC(=O)Cc1cccc(OCCCC(C)(C)O)c1.CCC.CCC.CCC(C)C(=O)N1CCCC1C.CCCCC. The molecule has 1 saturated heterocycles. The third-order valence-corrected chi connectivity index (χ3v) is 6.13. The average Bonchev–Trinajstić information content (AvgIpc) is 3.43. The van der Waals surface area contributed by atoms with Gasteiger partial charge in [-0.25, -0.2) is 0 Å². The lowest BCUT2D eigenvalue weighted by atomic mass is 10.0. The molecular weight excluding hydrogens is 558 g/mol. The zero-order chi connectivity index (χ0) is 36.3. The fourth-order valence-electron chi connectivity index (χ4n) is 3.80. The molecule has 1 N–H and O–H groups in total. The minimum absolute atomic E-state index is 0.147.